The topological polar surface area (TPSA) is 107 Å². The zero-order valence-corrected chi connectivity index (χ0v) is 13.5. The number of carbonyl (C=O) groups is 2. The van der Waals surface area contributed by atoms with Crippen molar-refractivity contribution < 1.29 is 19.1 Å². The molecular formula is C16H19N3O4. The quantitative estimate of drug-likeness (QED) is 0.842. The number of H-pyrrole nitrogens is 1. The Kier molecular flexibility index (Phi) is 4.40. The molecule has 1 aromatic heterocycles. The molecule has 122 valence electrons. The number of benzene rings is 1. The maximum atomic E-state index is 12.3. The number of hydrogen-bond donors (Lipinski definition) is 2. The molecule has 0 bridgehead atoms. The van der Waals surface area contributed by atoms with E-state index in [4.69, 9.17) is 10.5 Å². The Hall–Kier alpha value is -2.83. The summed E-state index contributed by atoms with van der Waals surface area (Å²) in [5.74, 6) is -0.868. The van der Waals surface area contributed by atoms with Crippen molar-refractivity contribution in [3.63, 3.8) is 0 Å². The average molecular weight is 317 g/mol. The van der Waals surface area contributed by atoms with E-state index < -0.39 is 17.5 Å². The maximum absolute atomic E-state index is 12.3. The van der Waals surface area contributed by atoms with E-state index in [1.165, 1.54) is 7.11 Å². The summed E-state index contributed by atoms with van der Waals surface area (Å²) in [7, 11) is 1.31. The molecule has 1 aromatic carbocycles. The van der Waals surface area contributed by atoms with Crippen LogP contribution < -0.4 is 5.73 Å². The van der Waals surface area contributed by atoms with Crippen LogP contribution in [0.3, 0.4) is 0 Å². The van der Waals surface area contributed by atoms with Gasteiger partial charge in [-0.25, -0.2) is 9.59 Å². The second-order valence-corrected chi connectivity index (χ2v) is 5.93. The number of aromatic nitrogens is 2. The van der Waals surface area contributed by atoms with Gasteiger partial charge in [-0.05, 0) is 32.9 Å². The molecule has 1 heterocycles. The van der Waals surface area contributed by atoms with E-state index in [-0.39, 0.29) is 11.4 Å². The van der Waals surface area contributed by atoms with Crippen LogP contribution in [0.5, 0.6) is 0 Å². The number of hydrogen-bond acceptors (Lipinski definition) is 6. The number of esters is 2. The first-order valence-corrected chi connectivity index (χ1v) is 6.99. The Bertz CT molecular complexity index is 727. The summed E-state index contributed by atoms with van der Waals surface area (Å²) in [6.07, 6.45) is 0. The molecule has 0 spiro atoms. The van der Waals surface area contributed by atoms with Crippen LogP contribution in [-0.4, -0.2) is 34.8 Å². The summed E-state index contributed by atoms with van der Waals surface area (Å²) < 4.78 is 10.00. The first-order chi connectivity index (χ1) is 10.7. The predicted octanol–water partition coefficient (Wildman–Crippen LogP) is 2.40. The van der Waals surface area contributed by atoms with Crippen molar-refractivity contribution in [2.45, 2.75) is 26.4 Å². The number of aromatic amines is 1. The molecule has 3 N–H and O–H groups in total. The summed E-state index contributed by atoms with van der Waals surface area (Å²) in [6.45, 7) is 5.31. The smallest absolute Gasteiger partial charge is 0.344 e. The third kappa shape index (κ3) is 3.68. The van der Waals surface area contributed by atoms with Crippen LogP contribution in [0.1, 0.15) is 41.5 Å². The molecule has 23 heavy (non-hydrogen) atoms. The van der Waals surface area contributed by atoms with E-state index in [0.717, 1.165) is 0 Å². The first-order valence-electron chi connectivity index (χ1n) is 6.99. The van der Waals surface area contributed by atoms with Crippen molar-refractivity contribution in [2.75, 3.05) is 12.8 Å². The Morgan fingerprint density at radius 1 is 1.13 bits per heavy atom. The fourth-order valence-electron chi connectivity index (χ4n) is 1.98. The van der Waals surface area contributed by atoms with Gasteiger partial charge in [-0.3, -0.25) is 5.10 Å². The molecule has 2 aromatic rings. The Morgan fingerprint density at radius 3 is 2.26 bits per heavy atom. The average Bonchev–Trinajstić information content (AvgIpc) is 2.86. The van der Waals surface area contributed by atoms with Gasteiger partial charge in [0.1, 0.15) is 22.7 Å². The number of nitrogens with two attached hydrogens (primary N) is 1. The van der Waals surface area contributed by atoms with Crippen molar-refractivity contribution in [1.82, 2.24) is 10.2 Å². The highest BCUT2D eigenvalue weighted by atomic mass is 16.6. The van der Waals surface area contributed by atoms with Gasteiger partial charge in [0.25, 0.3) is 0 Å². The second-order valence-electron chi connectivity index (χ2n) is 5.93. The lowest BCUT2D eigenvalue weighted by molar-refractivity contribution is 0.00716. The molecule has 0 saturated heterocycles. The normalized spacial score (nSPS) is 11.1. The zero-order valence-electron chi connectivity index (χ0n) is 13.5. The lowest BCUT2D eigenvalue weighted by Gasteiger charge is -2.19. The highest BCUT2D eigenvalue weighted by Gasteiger charge is 2.25. The van der Waals surface area contributed by atoms with Gasteiger partial charge in [0.2, 0.25) is 0 Å². The van der Waals surface area contributed by atoms with Crippen LogP contribution in [0, 0.1) is 0 Å². The van der Waals surface area contributed by atoms with Gasteiger partial charge in [-0.1, -0.05) is 12.1 Å². The Balaban J connectivity index is 2.38. The van der Waals surface area contributed by atoms with E-state index in [1.807, 2.05) is 0 Å². The minimum absolute atomic E-state index is 0.131. The van der Waals surface area contributed by atoms with Gasteiger partial charge in [0.15, 0.2) is 0 Å². The number of methoxy groups -OCH3 is 1. The summed E-state index contributed by atoms with van der Waals surface area (Å²) in [5, 5.41) is 6.65. The Morgan fingerprint density at radius 2 is 1.74 bits per heavy atom. The van der Waals surface area contributed by atoms with E-state index in [9.17, 15) is 9.59 Å². The molecule has 7 heteroatoms. The molecule has 0 atom stereocenters. The molecule has 0 saturated carbocycles. The molecular weight excluding hydrogens is 298 g/mol. The van der Waals surface area contributed by atoms with Crippen molar-refractivity contribution in [1.29, 1.82) is 0 Å². The SMILES string of the molecule is COC(=O)c1ccc(-c2n[nH]c(N)c2C(=O)OC(C)(C)C)cc1. The molecule has 0 fully saturated rings. The van der Waals surface area contributed by atoms with Crippen molar-refractivity contribution in [3.05, 3.63) is 35.4 Å². The monoisotopic (exact) mass is 317 g/mol. The third-order valence-electron chi connectivity index (χ3n) is 2.98. The molecule has 0 unspecified atom stereocenters. The third-order valence-corrected chi connectivity index (χ3v) is 2.98. The highest BCUT2D eigenvalue weighted by molar-refractivity contribution is 6.01. The van der Waals surface area contributed by atoms with E-state index in [0.29, 0.717) is 16.8 Å². The van der Waals surface area contributed by atoms with Gasteiger partial charge in [0, 0.05) is 5.56 Å². The summed E-state index contributed by atoms with van der Waals surface area (Å²) in [4.78, 5) is 23.8. The number of carbonyl (C=O) groups excluding carboxylic acids is 2. The minimum Gasteiger partial charge on any atom is -0.465 e. The molecule has 0 amide bonds. The number of rotatable bonds is 3. The number of nitrogens with one attached hydrogen (secondary N) is 1. The fourth-order valence-corrected chi connectivity index (χ4v) is 1.98. The fraction of sp³-hybridized carbons (Fsp3) is 0.312. The van der Waals surface area contributed by atoms with Crippen LogP contribution in [-0.2, 0) is 9.47 Å². The Labute approximate surface area is 133 Å². The second kappa shape index (κ2) is 6.12. The number of nitrogens with zero attached hydrogens (tertiary/aromatic N) is 1. The maximum Gasteiger partial charge on any atom is 0.344 e. The largest absolute Gasteiger partial charge is 0.465 e. The number of nitrogen functional groups attached to an aromatic ring is 1. The van der Waals surface area contributed by atoms with Crippen LogP contribution in [0.25, 0.3) is 11.3 Å². The minimum atomic E-state index is -0.646. The lowest BCUT2D eigenvalue weighted by Crippen LogP contribution is -2.24. The molecule has 2 rings (SSSR count). The highest BCUT2D eigenvalue weighted by Crippen LogP contribution is 2.27. The van der Waals surface area contributed by atoms with Crippen molar-refractivity contribution in [2.24, 2.45) is 0 Å². The van der Waals surface area contributed by atoms with Crippen LogP contribution in [0.4, 0.5) is 5.82 Å². The van der Waals surface area contributed by atoms with E-state index >= 15 is 0 Å². The van der Waals surface area contributed by atoms with Crippen LogP contribution in [0.15, 0.2) is 24.3 Å². The lowest BCUT2D eigenvalue weighted by atomic mass is 10.1. The van der Waals surface area contributed by atoms with Gasteiger partial charge in [-0.15, -0.1) is 0 Å². The molecule has 0 radical (unpaired) electrons. The molecule has 0 aliphatic heterocycles. The van der Waals surface area contributed by atoms with Gasteiger partial charge < -0.3 is 15.2 Å². The standard InChI is InChI=1S/C16H19N3O4/c1-16(2,3)23-15(21)11-12(18-19-13(11)17)9-5-7-10(8-6-9)14(20)22-4/h5-8H,1-4H3,(H3,17,18,19). The van der Waals surface area contributed by atoms with Gasteiger partial charge in [-0.2, -0.15) is 5.10 Å². The molecule has 0 aliphatic rings. The zero-order chi connectivity index (χ0) is 17.2. The molecule has 0 aliphatic carbocycles. The van der Waals surface area contributed by atoms with E-state index in [2.05, 4.69) is 14.9 Å². The predicted molar refractivity (Wildman–Crippen MR) is 84.9 cm³/mol. The summed E-state index contributed by atoms with van der Waals surface area (Å²) >= 11 is 0. The van der Waals surface area contributed by atoms with Gasteiger partial charge >= 0.3 is 11.9 Å². The first kappa shape index (κ1) is 16.5. The number of ether oxygens (including phenoxy) is 2. The van der Waals surface area contributed by atoms with E-state index in [1.54, 1.807) is 45.0 Å². The van der Waals surface area contributed by atoms with Crippen molar-refractivity contribution >= 4 is 17.8 Å². The summed E-state index contributed by atoms with van der Waals surface area (Å²) in [5.41, 5.74) is 6.73. The van der Waals surface area contributed by atoms with Crippen LogP contribution in [0.2, 0.25) is 0 Å². The summed E-state index contributed by atoms with van der Waals surface area (Å²) in [6, 6.07) is 6.50. The van der Waals surface area contributed by atoms with Crippen LogP contribution >= 0.6 is 0 Å². The molecule has 7 nitrogen and oxygen atoms in total. The van der Waals surface area contributed by atoms with Gasteiger partial charge in [0.05, 0.1) is 12.7 Å². The number of anilines is 1. The van der Waals surface area contributed by atoms with Crippen molar-refractivity contribution in [3.8, 4) is 11.3 Å².